The van der Waals surface area contributed by atoms with E-state index in [4.69, 9.17) is 16.3 Å². The Balaban J connectivity index is 1.99. The number of hydrogen-bond donors (Lipinski definition) is 1. The fourth-order valence-corrected chi connectivity index (χ4v) is 3.13. The van der Waals surface area contributed by atoms with Gasteiger partial charge in [0.2, 0.25) is 0 Å². The molecule has 1 atom stereocenters. The molecule has 0 saturated carbocycles. The number of hydrogen-bond acceptors (Lipinski definition) is 2. The van der Waals surface area contributed by atoms with Crippen molar-refractivity contribution in [1.82, 2.24) is 0 Å². The first kappa shape index (κ1) is 14.0. The van der Waals surface area contributed by atoms with E-state index in [2.05, 4.69) is 0 Å². The van der Waals surface area contributed by atoms with E-state index in [0.717, 1.165) is 35.3 Å². The average molecular weight is 303 g/mol. The molecule has 0 saturated heterocycles. The summed E-state index contributed by atoms with van der Waals surface area (Å²) in [5, 5.41) is 10.0. The van der Waals surface area contributed by atoms with Crippen molar-refractivity contribution >= 4 is 17.6 Å². The lowest BCUT2D eigenvalue weighted by Gasteiger charge is -2.28. The first-order chi connectivity index (χ1) is 10.1. The zero-order chi connectivity index (χ0) is 15.0. The van der Waals surface area contributed by atoms with Crippen molar-refractivity contribution < 1.29 is 14.6 Å². The van der Waals surface area contributed by atoms with Gasteiger partial charge in [-0.1, -0.05) is 29.8 Å². The summed E-state index contributed by atoms with van der Waals surface area (Å²) in [6, 6.07) is 10.8. The van der Waals surface area contributed by atoms with Crippen LogP contribution in [0.2, 0.25) is 5.02 Å². The average Bonchev–Trinajstić information content (AvgIpc) is 2.47. The Hall–Kier alpha value is -2.00. The van der Waals surface area contributed by atoms with Gasteiger partial charge in [-0.15, -0.1) is 0 Å². The van der Waals surface area contributed by atoms with Crippen LogP contribution in [0, 0.1) is 6.92 Å². The molecule has 3 nitrogen and oxygen atoms in total. The van der Waals surface area contributed by atoms with E-state index in [1.165, 1.54) is 0 Å². The minimum atomic E-state index is -0.923. The largest absolute Gasteiger partial charge is 0.485 e. The Morgan fingerprint density at radius 2 is 2.10 bits per heavy atom. The van der Waals surface area contributed by atoms with Crippen LogP contribution in [-0.4, -0.2) is 11.1 Å². The molecule has 0 radical (unpaired) electrons. The Kier molecular flexibility index (Phi) is 3.60. The van der Waals surface area contributed by atoms with E-state index in [1.54, 1.807) is 12.1 Å². The third-order valence-corrected chi connectivity index (χ3v) is 4.01. The van der Waals surface area contributed by atoms with Crippen molar-refractivity contribution in [1.29, 1.82) is 0 Å². The van der Waals surface area contributed by atoms with E-state index in [9.17, 15) is 9.90 Å². The summed E-state index contributed by atoms with van der Waals surface area (Å²) in [6.45, 7) is 1.95. The quantitative estimate of drug-likeness (QED) is 0.893. The van der Waals surface area contributed by atoms with Crippen molar-refractivity contribution in [3.8, 4) is 5.75 Å². The summed E-state index contributed by atoms with van der Waals surface area (Å²) < 4.78 is 6.07. The second-order valence-corrected chi connectivity index (χ2v) is 5.68. The molecule has 21 heavy (non-hydrogen) atoms. The highest BCUT2D eigenvalue weighted by Crippen LogP contribution is 2.39. The van der Waals surface area contributed by atoms with Crippen molar-refractivity contribution in [3.05, 3.63) is 63.7 Å². The molecule has 2 aromatic rings. The monoisotopic (exact) mass is 302 g/mol. The molecule has 0 amide bonds. The van der Waals surface area contributed by atoms with Crippen molar-refractivity contribution in [3.63, 3.8) is 0 Å². The van der Waals surface area contributed by atoms with Crippen LogP contribution in [0.5, 0.6) is 5.75 Å². The summed E-state index contributed by atoms with van der Waals surface area (Å²) >= 11 is 6.07. The zero-order valence-corrected chi connectivity index (χ0v) is 12.4. The smallest absolute Gasteiger partial charge is 0.336 e. The number of carbonyl (C=O) groups is 1. The Morgan fingerprint density at radius 3 is 2.86 bits per heavy atom. The molecule has 1 aliphatic heterocycles. The summed E-state index contributed by atoms with van der Waals surface area (Å²) in [5.41, 5.74) is 3.10. The zero-order valence-electron chi connectivity index (χ0n) is 11.6. The van der Waals surface area contributed by atoms with E-state index in [0.29, 0.717) is 10.6 Å². The highest BCUT2D eigenvalue weighted by atomic mass is 35.5. The van der Waals surface area contributed by atoms with Gasteiger partial charge in [0.05, 0.1) is 5.56 Å². The molecule has 1 unspecified atom stereocenters. The lowest BCUT2D eigenvalue weighted by Crippen LogP contribution is -2.18. The standard InChI is InChI=1S/C17H15ClO3/c1-10-8-12(18)9-11-6-7-15(21-16(10)11)13-4-2-3-5-14(13)17(19)20/h2-5,8-9,15H,6-7H2,1H3,(H,19,20). The number of ether oxygens (including phenoxy) is 1. The van der Waals surface area contributed by atoms with Gasteiger partial charge in [0, 0.05) is 10.6 Å². The summed E-state index contributed by atoms with van der Waals surface area (Å²) in [5.74, 6) is -0.0938. The number of aryl methyl sites for hydroxylation is 2. The van der Waals surface area contributed by atoms with E-state index < -0.39 is 5.97 Å². The van der Waals surface area contributed by atoms with Gasteiger partial charge in [0.25, 0.3) is 0 Å². The lowest BCUT2D eigenvalue weighted by molar-refractivity contribution is 0.0689. The molecule has 0 aliphatic carbocycles. The maximum absolute atomic E-state index is 11.3. The topological polar surface area (TPSA) is 46.5 Å². The van der Waals surface area contributed by atoms with Crippen LogP contribution in [0.25, 0.3) is 0 Å². The first-order valence-corrected chi connectivity index (χ1v) is 7.22. The van der Waals surface area contributed by atoms with Crippen molar-refractivity contribution in [2.24, 2.45) is 0 Å². The van der Waals surface area contributed by atoms with Crippen LogP contribution >= 0.6 is 11.6 Å². The van der Waals surface area contributed by atoms with Crippen LogP contribution in [0.3, 0.4) is 0 Å². The number of aromatic carboxylic acids is 1. The second kappa shape index (κ2) is 5.41. The molecule has 1 heterocycles. The minimum Gasteiger partial charge on any atom is -0.485 e. The summed E-state index contributed by atoms with van der Waals surface area (Å²) in [7, 11) is 0. The number of halogens is 1. The summed E-state index contributed by atoms with van der Waals surface area (Å²) in [4.78, 5) is 11.3. The molecule has 3 rings (SSSR count). The molecule has 0 aromatic heterocycles. The van der Waals surface area contributed by atoms with Gasteiger partial charge in [0.15, 0.2) is 0 Å². The van der Waals surface area contributed by atoms with E-state index in [1.807, 2.05) is 31.2 Å². The minimum absolute atomic E-state index is 0.232. The molecular weight excluding hydrogens is 288 g/mol. The number of carboxylic acid groups (broad SMARTS) is 1. The van der Waals surface area contributed by atoms with Gasteiger partial charge in [0.1, 0.15) is 11.9 Å². The fourth-order valence-electron chi connectivity index (χ4n) is 2.83. The van der Waals surface area contributed by atoms with Gasteiger partial charge < -0.3 is 9.84 Å². The molecule has 2 aromatic carbocycles. The van der Waals surface area contributed by atoms with Crippen LogP contribution in [-0.2, 0) is 6.42 Å². The van der Waals surface area contributed by atoms with Crippen LogP contribution in [0.4, 0.5) is 0 Å². The normalized spacial score (nSPS) is 17.0. The third-order valence-electron chi connectivity index (χ3n) is 3.79. The number of rotatable bonds is 2. The molecule has 0 bridgehead atoms. The Morgan fingerprint density at radius 1 is 1.33 bits per heavy atom. The van der Waals surface area contributed by atoms with Gasteiger partial charge in [-0.05, 0) is 49.1 Å². The SMILES string of the molecule is Cc1cc(Cl)cc2c1OC(c1ccccc1C(=O)O)CC2. The van der Waals surface area contributed by atoms with Crippen LogP contribution in [0.1, 0.15) is 39.6 Å². The van der Waals surface area contributed by atoms with Gasteiger partial charge in [-0.25, -0.2) is 4.79 Å². The second-order valence-electron chi connectivity index (χ2n) is 5.25. The predicted octanol–water partition coefficient (Wildman–Crippen LogP) is 4.41. The van der Waals surface area contributed by atoms with Gasteiger partial charge in [-0.3, -0.25) is 0 Å². The first-order valence-electron chi connectivity index (χ1n) is 6.84. The molecule has 1 aliphatic rings. The van der Waals surface area contributed by atoms with Crippen LogP contribution < -0.4 is 4.74 Å². The van der Waals surface area contributed by atoms with E-state index in [-0.39, 0.29) is 6.10 Å². The van der Waals surface area contributed by atoms with Gasteiger partial charge in [-0.2, -0.15) is 0 Å². The maximum atomic E-state index is 11.3. The van der Waals surface area contributed by atoms with Crippen molar-refractivity contribution in [2.75, 3.05) is 0 Å². The van der Waals surface area contributed by atoms with Gasteiger partial charge >= 0.3 is 5.97 Å². The van der Waals surface area contributed by atoms with E-state index >= 15 is 0 Å². The Bertz CT molecular complexity index is 709. The maximum Gasteiger partial charge on any atom is 0.336 e. The molecule has 0 spiro atoms. The fraction of sp³-hybridized carbons (Fsp3) is 0.235. The highest BCUT2D eigenvalue weighted by Gasteiger charge is 2.26. The third kappa shape index (κ3) is 2.61. The number of fused-ring (bicyclic) bond motifs is 1. The molecule has 1 N–H and O–H groups in total. The molecule has 108 valence electrons. The summed E-state index contributed by atoms with van der Waals surface area (Å²) in [6.07, 6.45) is 1.34. The Labute approximate surface area is 128 Å². The van der Waals surface area contributed by atoms with Crippen molar-refractivity contribution in [2.45, 2.75) is 25.9 Å². The predicted molar refractivity (Wildman–Crippen MR) is 81.3 cm³/mol. The molecule has 4 heteroatoms. The van der Waals surface area contributed by atoms with Crippen LogP contribution in [0.15, 0.2) is 36.4 Å². The number of benzene rings is 2. The molecular formula is C17H15ClO3. The number of carboxylic acids is 1. The lowest BCUT2D eigenvalue weighted by atomic mass is 9.93. The molecule has 0 fully saturated rings. The highest BCUT2D eigenvalue weighted by molar-refractivity contribution is 6.30.